The number of methoxy groups -OCH3 is 1. The van der Waals surface area contributed by atoms with E-state index in [-0.39, 0.29) is 12.4 Å². The Kier molecular flexibility index (Phi) is 4.73. The van der Waals surface area contributed by atoms with Crippen molar-refractivity contribution >= 4 is 5.91 Å². The Morgan fingerprint density at radius 3 is 2.52 bits per heavy atom. The molecule has 5 nitrogen and oxygen atoms in total. The molecular weight excluding hydrogens is 275 g/mol. The summed E-state index contributed by atoms with van der Waals surface area (Å²) in [5.41, 5.74) is 3.23. The number of benzene rings is 2. The summed E-state index contributed by atoms with van der Waals surface area (Å²) in [6, 6.07) is 10.7. The van der Waals surface area contributed by atoms with Crippen molar-refractivity contribution in [1.29, 1.82) is 0 Å². The number of nitrogens with one attached hydrogen (secondary N) is 1. The molecule has 1 amide bonds. The molecule has 0 heterocycles. The van der Waals surface area contributed by atoms with Crippen LogP contribution in [0.4, 0.5) is 4.39 Å². The largest absolute Gasteiger partial charge is 0.493 e. The lowest BCUT2D eigenvalue weighted by atomic mass is 10.2. The van der Waals surface area contributed by atoms with E-state index in [2.05, 4.69) is 0 Å². The maximum Gasteiger partial charge on any atom is 0.265 e. The quantitative estimate of drug-likeness (QED) is 0.502. The summed E-state index contributed by atoms with van der Waals surface area (Å²) in [5.74, 6) is 5.26. The van der Waals surface area contributed by atoms with Crippen molar-refractivity contribution in [3.8, 4) is 11.5 Å². The fourth-order valence-electron chi connectivity index (χ4n) is 1.75. The molecule has 0 unspecified atom stereocenters. The van der Waals surface area contributed by atoms with Gasteiger partial charge in [0.15, 0.2) is 11.5 Å². The van der Waals surface area contributed by atoms with E-state index in [4.69, 9.17) is 15.3 Å². The Hall–Kier alpha value is -2.60. The number of hydrogen-bond acceptors (Lipinski definition) is 4. The van der Waals surface area contributed by atoms with Gasteiger partial charge in [0.1, 0.15) is 12.4 Å². The molecule has 3 N–H and O–H groups in total. The van der Waals surface area contributed by atoms with Crippen molar-refractivity contribution < 1.29 is 18.7 Å². The third-order valence-corrected chi connectivity index (χ3v) is 2.86. The molecule has 2 rings (SSSR count). The summed E-state index contributed by atoms with van der Waals surface area (Å²) in [6.45, 7) is 0.263. The molecule has 21 heavy (non-hydrogen) atoms. The summed E-state index contributed by atoms with van der Waals surface area (Å²) in [4.78, 5) is 11.4. The maximum atomic E-state index is 12.8. The standard InChI is InChI=1S/C15H15FN2O3/c1-20-14-8-11(15(19)18-17)4-7-13(14)21-9-10-2-5-12(16)6-3-10/h2-8H,9,17H2,1H3,(H,18,19). The van der Waals surface area contributed by atoms with Gasteiger partial charge in [-0.25, -0.2) is 10.2 Å². The van der Waals surface area contributed by atoms with Crippen molar-refractivity contribution in [3.63, 3.8) is 0 Å². The van der Waals surface area contributed by atoms with Crippen LogP contribution in [-0.4, -0.2) is 13.0 Å². The Morgan fingerprint density at radius 1 is 1.19 bits per heavy atom. The molecule has 0 aliphatic carbocycles. The van der Waals surface area contributed by atoms with Crippen molar-refractivity contribution in [1.82, 2.24) is 5.43 Å². The van der Waals surface area contributed by atoms with E-state index in [1.807, 2.05) is 5.43 Å². The molecular formula is C15H15FN2O3. The third kappa shape index (κ3) is 3.70. The number of nitrogen functional groups attached to an aromatic ring is 1. The van der Waals surface area contributed by atoms with Crippen LogP contribution < -0.4 is 20.7 Å². The van der Waals surface area contributed by atoms with Gasteiger partial charge in [-0.15, -0.1) is 0 Å². The number of ether oxygens (including phenoxy) is 2. The molecule has 0 spiro atoms. The highest BCUT2D eigenvalue weighted by Crippen LogP contribution is 2.28. The first-order valence-corrected chi connectivity index (χ1v) is 6.20. The first-order chi connectivity index (χ1) is 10.1. The van der Waals surface area contributed by atoms with Crippen LogP contribution in [0, 0.1) is 5.82 Å². The van der Waals surface area contributed by atoms with Crippen LogP contribution in [0.15, 0.2) is 42.5 Å². The van der Waals surface area contributed by atoms with E-state index < -0.39 is 5.91 Å². The van der Waals surface area contributed by atoms with Crippen molar-refractivity contribution in [2.75, 3.05) is 7.11 Å². The molecule has 110 valence electrons. The van der Waals surface area contributed by atoms with Crippen molar-refractivity contribution in [2.45, 2.75) is 6.61 Å². The Balaban J connectivity index is 2.12. The van der Waals surface area contributed by atoms with Crippen LogP contribution in [0.1, 0.15) is 15.9 Å². The highest BCUT2D eigenvalue weighted by atomic mass is 19.1. The summed E-state index contributed by atoms with van der Waals surface area (Å²) in [7, 11) is 1.48. The molecule has 0 radical (unpaired) electrons. The van der Waals surface area contributed by atoms with E-state index in [1.54, 1.807) is 24.3 Å². The first-order valence-electron chi connectivity index (χ1n) is 6.20. The Morgan fingerprint density at radius 2 is 1.90 bits per heavy atom. The minimum atomic E-state index is -0.418. The summed E-state index contributed by atoms with van der Waals surface area (Å²) in [6.07, 6.45) is 0. The van der Waals surface area contributed by atoms with Crippen LogP contribution in [0.2, 0.25) is 0 Å². The lowest BCUT2D eigenvalue weighted by Crippen LogP contribution is -2.29. The summed E-state index contributed by atoms with van der Waals surface area (Å²) in [5, 5.41) is 0. The Bertz CT molecular complexity index is 629. The number of halogens is 1. The smallest absolute Gasteiger partial charge is 0.265 e. The minimum absolute atomic E-state index is 0.263. The van der Waals surface area contributed by atoms with E-state index >= 15 is 0 Å². The molecule has 0 bridgehead atoms. The average Bonchev–Trinajstić information content (AvgIpc) is 2.53. The van der Waals surface area contributed by atoms with Gasteiger partial charge in [-0.2, -0.15) is 0 Å². The van der Waals surface area contributed by atoms with Crippen LogP contribution in [0.3, 0.4) is 0 Å². The number of hydrazine groups is 1. The number of hydrogen-bond donors (Lipinski definition) is 2. The number of rotatable bonds is 5. The number of amides is 1. The number of carbonyl (C=O) groups is 1. The molecule has 0 aliphatic heterocycles. The Labute approximate surface area is 121 Å². The predicted octanol–water partition coefficient (Wildman–Crippen LogP) is 2.02. The van der Waals surface area contributed by atoms with Gasteiger partial charge in [0.25, 0.3) is 5.91 Å². The number of carbonyl (C=O) groups excluding carboxylic acids is 1. The minimum Gasteiger partial charge on any atom is -0.493 e. The fourth-order valence-corrected chi connectivity index (χ4v) is 1.75. The molecule has 2 aromatic rings. The van der Waals surface area contributed by atoms with Gasteiger partial charge in [-0.05, 0) is 35.9 Å². The topological polar surface area (TPSA) is 73.6 Å². The van der Waals surface area contributed by atoms with Gasteiger partial charge in [0.2, 0.25) is 0 Å². The van der Waals surface area contributed by atoms with Gasteiger partial charge < -0.3 is 9.47 Å². The molecule has 6 heteroatoms. The van der Waals surface area contributed by atoms with Crippen molar-refractivity contribution in [3.05, 3.63) is 59.4 Å². The SMILES string of the molecule is COc1cc(C(=O)NN)ccc1OCc1ccc(F)cc1. The zero-order chi connectivity index (χ0) is 15.2. The lowest BCUT2D eigenvalue weighted by Gasteiger charge is -2.12. The molecule has 0 atom stereocenters. The second kappa shape index (κ2) is 6.71. The van der Waals surface area contributed by atoms with Crippen LogP contribution >= 0.6 is 0 Å². The molecule has 0 fully saturated rings. The van der Waals surface area contributed by atoms with E-state index in [9.17, 15) is 9.18 Å². The average molecular weight is 290 g/mol. The van der Waals surface area contributed by atoms with Crippen LogP contribution in [0.5, 0.6) is 11.5 Å². The molecule has 0 aromatic heterocycles. The second-order valence-electron chi connectivity index (χ2n) is 4.25. The predicted molar refractivity (Wildman–Crippen MR) is 75.4 cm³/mol. The van der Waals surface area contributed by atoms with Gasteiger partial charge >= 0.3 is 0 Å². The fraction of sp³-hybridized carbons (Fsp3) is 0.133. The zero-order valence-corrected chi connectivity index (χ0v) is 11.4. The van der Waals surface area contributed by atoms with Crippen molar-refractivity contribution in [2.24, 2.45) is 5.84 Å². The summed E-state index contributed by atoms with van der Waals surface area (Å²) < 4.78 is 23.6. The van der Waals surface area contributed by atoms with E-state index in [1.165, 1.54) is 25.3 Å². The highest BCUT2D eigenvalue weighted by Gasteiger charge is 2.10. The lowest BCUT2D eigenvalue weighted by molar-refractivity contribution is 0.0953. The van der Waals surface area contributed by atoms with Crippen LogP contribution in [0.25, 0.3) is 0 Å². The monoisotopic (exact) mass is 290 g/mol. The highest BCUT2D eigenvalue weighted by molar-refractivity contribution is 5.94. The first kappa shape index (κ1) is 14.8. The second-order valence-corrected chi connectivity index (χ2v) is 4.25. The maximum absolute atomic E-state index is 12.8. The molecule has 0 saturated heterocycles. The van der Waals surface area contributed by atoms with Gasteiger partial charge in [0.05, 0.1) is 7.11 Å². The molecule has 2 aromatic carbocycles. The molecule has 0 saturated carbocycles. The molecule has 0 aliphatic rings. The number of nitrogens with two attached hydrogens (primary N) is 1. The van der Waals surface area contributed by atoms with Gasteiger partial charge in [-0.3, -0.25) is 10.2 Å². The van der Waals surface area contributed by atoms with E-state index in [0.29, 0.717) is 17.1 Å². The van der Waals surface area contributed by atoms with E-state index in [0.717, 1.165) is 5.56 Å². The third-order valence-electron chi connectivity index (χ3n) is 2.86. The summed E-state index contributed by atoms with van der Waals surface area (Å²) >= 11 is 0. The van der Waals surface area contributed by atoms with Gasteiger partial charge in [-0.1, -0.05) is 12.1 Å². The van der Waals surface area contributed by atoms with Gasteiger partial charge in [0, 0.05) is 5.56 Å². The zero-order valence-electron chi connectivity index (χ0n) is 11.4. The normalized spacial score (nSPS) is 10.0. The van der Waals surface area contributed by atoms with Crippen LogP contribution in [-0.2, 0) is 6.61 Å².